The van der Waals surface area contributed by atoms with Gasteiger partial charge in [0.25, 0.3) is 5.91 Å². The van der Waals surface area contributed by atoms with Crippen molar-refractivity contribution >= 4 is 49.1 Å². The molecule has 0 radical (unpaired) electrons. The first-order valence-electron chi connectivity index (χ1n) is 6.43. The lowest BCUT2D eigenvalue weighted by atomic mass is 10.0. The number of carbonyl (C=O) groups is 1. The number of halogens is 2. The van der Waals surface area contributed by atoms with Gasteiger partial charge in [0.05, 0.1) is 0 Å². The molecule has 0 saturated carbocycles. The van der Waals surface area contributed by atoms with Crippen LogP contribution in [0, 0.1) is 20.8 Å². The SMILES string of the molecule is Cc1cc(Br)cc(C)c1NC(=O)c1cc(Br)cc(N)c1C. The average Bonchev–Trinajstić information content (AvgIpc) is 2.37. The van der Waals surface area contributed by atoms with E-state index in [0.717, 1.165) is 31.3 Å². The van der Waals surface area contributed by atoms with Crippen LogP contribution in [-0.4, -0.2) is 5.91 Å². The van der Waals surface area contributed by atoms with Gasteiger partial charge in [0.2, 0.25) is 0 Å². The fourth-order valence-electron chi connectivity index (χ4n) is 2.22. The Morgan fingerprint density at radius 2 is 1.52 bits per heavy atom. The van der Waals surface area contributed by atoms with E-state index in [9.17, 15) is 4.79 Å². The van der Waals surface area contributed by atoms with Crippen molar-refractivity contribution in [3.63, 3.8) is 0 Å². The number of aryl methyl sites for hydroxylation is 2. The molecule has 0 aliphatic heterocycles. The molecule has 0 bridgehead atoms. The lowest BCUT2D eigenvalue weighted by Gasteiger charge is -2.14. The van der Waals surface area contributed by atoms with E-state index in [0.29, 0.717) is 11.3 Å². The molecule has 3 nitrogen and oxygen atoms in total. The Morgan fingerprint density at radius 1 is 1.00 bits per heavy atom. The second-order valence-electron chi connectivity index (χ2n) is 5.04. The number of nitrogen functional groups attached to an aromatic ring is 1. The van der Waals surface area contributed by atoms with Gasteiger partial charge in [-0.3, -0.25) is 4.79 Å². The molecule has 0 saturated heterocycles. The molecule has 1 amide bonds. The van der Waals surface area contributed by atoms with E-state index in [4.69, 9.17) is 5.73 Å². The molecule has 21 heavy (non-hydrogen) atoms. The summed E-state index contributed by atoms with van der Waals surface area (Å²) in [6, 6.07) is 7.53. The van der Waals surface area contributed by atoms with Gasteiger partial charge in [-0.2, -0.15) is 0 Å². The molecule has 0 aromatic heterocycles. The minimum Gasteiger partial charge on any atom is -0.398 e. The molecule has 0 fully saturated rings. The molecule has 0 heterocycles. The summed E-state index contributed by atoms with van der Waals surface area (Å²) in [6.07, 6.45) is 0. The number of carbonyl (C=O) groups excluding carboxylic acids is 1. The standard InChI is InChI=1S/C16H16Br2N2O/c1-8-4-11(17)5-9(2)15(8)20-16(21)13-6-12(18)7-14(19)10(13)3/h4-7H,19H2,1-3H3,(H,20,21). The first-order chi connectivity index (χ1) is 9.79. The molecule has 0 aliphatic carbocycles. The van der Waals surface area contributed by atoms with Gasteiger partial charge in [-0.25, -0.2) is 0 Å². The number of anilines is 2. The summed E-state index contributed by atoms with van der Waals surface area (Å²) >= 11 is 6.83. The fraction of sp³-hybridized carbons (Fsp3) is 0.188. The van der Waals surface area contributed by atoms with Gasteiger partial charge in [0.1, 0.15) is 0 Å². The van der Waals surface area contributed by atoms with Crippen molar-refractivity contribution in [3.8, 4) is 0 Å². The van der Waals surface area contributed by atoms with Crippen molar-refractivity contribution in [3.05, 3.63) is 55.5 Å². The minimum absolute atomic E-state index is 0.158. The lowest BCUT2D eigenvalue weighted by molar-refractivity contribution is 0.102. The Kier molecular flexibility index (Phi) is 4.74. The maximum absolute atomic E-state index is 12.5. The normalized spacial score (nSPS) is 10.5. The van der Waals surface area contributed by atoms with E-state index in [2.05, 4.69) is 37.2 Å². The van der Waals surface area contributed by atoms with Crippen LogP contribution in [0.5, 0.6) is 0 Å². The number of benzene rings is 2. The summed E-state index contributed by atoms with van der Waals surface area (Å²) in [5.74, 6) is -0.158. The fourth-order valence-corrected chi connectivity index (χ4v) is 3.39. The number of nitrogens with one attached hydrogen (secondary N) is 1. The van der Waals surface area contributed by atoms with Crippen molar-refractivity contribution in [2.75, 3.05) is 11.1 Å². The van der Waals surface area contributed by atoms with E-state index < -0.39 is 0 Å². The van der Waals surface area contributed by atoms with Crippen molar-refractivity contribution < 1.29 is 4.79 Å². The Bertz CT molecular complexity index is 703. The highest BCUT2D eigenvalue weighted by Crippen LogP contribution is 2.27. The largest absolute Gasteiger partial charge is 0.398 e. The second-order valence-corrected chi connectivity index (χ2v) is 6.87. The summed E-state index contributed by atoms with van der Waals surface area (Å²) < 4.78 is 1.79. The summed E-state index contributed by atoms with van der Waals surface area (Å²) in [6.45, 7) is 5.78. The van der Waals surface area contributed by atoms with Crippen LogP contribution in [0.2, 0.25) is 0 Å². The van der Waals surface area contributed by atoms with Gasteiger partial charge in [0, 0.05) is 25.9 Å². The Hall–Kier alpha value is -1.33. The smallest absolute Gasteiger partial charge is 0.256 e. The van der Waals surface area contributed by atoms with Gasteiger partial charge in [-0.1, -0.05) is 31.9 Å². The van der Waals surface area contributed by atoms with Gasteiger partial charge in [-0.05, 0) is 61.7 Å². The van der Waals surface area contributed by atoms with Gasteiger partial charge >= 0.3 is 0 Å². The van der Waals surface area contributed by atoms with Gasteiger partial charge < -0.3 is 11.1 Å². The maximum Gasteiger partial charge on any atom is 0.256 e. The Labute approximate surface area is 141 Å². The maximum atomic E-state index is 12.5. The molecule has 0 unspecified atom stereocenters. The highest BCUT2D eigenvalue weighted by atomic mass is 79.9. The third kappa shape index (κ3) is 3.47. The second kappa shape index (κ2) is 6.20. The minimum atomic E-state index is -0.158. The molecule has 3 N–H and O–H groups in total. The quantitative estimate of drug-likeness (QED) is 0.685. The number of hydrogen-bond donors (Lipinski definition) is 2. The predicted molar refractivity (Wildman–Crippen MR) is 94.9 cm³/mol. The highest BCUT2D eigenvalue weighted by Gasteiger charge is 2.14. The monoisotopic (exact) mass is 410 g/mol. The third-order valence-corrected chi connectivity index (χ3v) is 4.31. The molecule has 2 rings (SSSR count). The van der Waals surface area contributed by atoms with Crippen LogP contribution in [-0.2, 0) is 0 Å². The summed E-state index contributed by atoms with van der Waals surface area (Å²) in [7, 11) is 0. The summed E-state index contributed by atoms with van der Waals surface area (Å²) in [5.41, 5.74) is 10.7. The summed E-state index contributed by atoms with van der Waals surface area (Å²) in [5, 5.41) is 2.98. The zero-order valence-electron chi connectivity index (χ0n) is 12.1. The molecule has 0 spiro atoms. The van der Waals surface area contributed by atoms with Crippen LogP contribution in [0.1, 0.15) is 27.0 Å². The highest BCUT2D eigenvalue weighted by molar-refractivity contribution is 9.10. The van der Waals surface area contributed by atoms with Crippen LogP contribution in [0.4, 0.5) is 11.4 Å². The number of nitrogens with two attached hydrogens (primary N) is 1. The average molecular weight is 412 g/mol. The van der Waals surface area contributed by atoms with Gasteiger partial charge in [-0.15, -0.1) is 0 Å². The van der Waals surface area contributed by atoms with Gasteiger partial charge in [0.15, 0.2) is 0 Å². The molecule has 110 valence electrons. The first kappa shape index (κ1) is 16.0. The third-order valence-electron chi connectivity index (χ3n) is 3.39. The Morgan fingerprint density at radius 3 is 2.10 bits per heavy atom. The van der Waals surface area contributed by atoms with Crippen LogP contribution in [0.25, 0.3) is 0 Å². The van der Waals surface area contributed by atoms with Crippen LogP contribution < -0.4 is 11.1 Å². The molecular weight excluding hydrogens is 396 g/mol. The van der Waals surface area contributed by atoms with Crippen LogP contribution in [0.15, 0.2) is 33.2 Å². The van der Waals surface area contributed by atoms with Crippen molar-refractivity contribution in [1.29, 1.82) is 0 Å². The Balaban J connectivity index is 2.40. The van der Waals surface area contributed by atoms with Crippen LogP contribution in [0.3, 0.4) is 0 Å². The number of amides is 1. The van der Waals surface area contributed by atoms with Crippen molar-refractivity contribution in [1.82, 2.24) is 0 Å². The zero-order chi connectivity index (χ0) is 15.7. The molecule has 2 aromatic rings. The zero-order valence-corrected chi connectivity index (χ0v) is 15.2. The molecule has 0 aliphatic rings. The van der Waals surface area contributed by atoms with Crippen molar-refractivity contribution in [2.24, 2.45) is 0 Å². The molecule has 0 atom stereocenters. The first-order valence-corrected chi connectivity index (χ1v) is 8.02. The molecule has 2 aromatic carbocycles. The van der Waals surface area contributed by atoms with E-state index in [-0.39, 0.29) is 5.91 Å². The van der Waals surface area contributed by atoms with Crippen molar-refractivity contribution in [2.45, 2.75) is 20.8 Å². The van der Waals surface area contributed by atoms with E-state index in [1.165, 1.54) is 0 Å². The molecule has 5 heteroatoms. The summed E-state index contributed by atoms with van der Waals surface area (Å²) in [4.78, 5) is 12.5. The number of hydrogen-bond acceptors (Lipinski definition) is 2. The molecular formula is C16H16Br2N2O. The van der Waals surface area contributed by atoms with E-state index in [1.54, 1.807) is 12.1 Å². The van der Waals surface area contributed by atoms with Crippen LogP contribution >= 0.6 is 31.9 Å². The van der Waals surface area contributed by atoms with E-state index in [1.807, 2.05) is 32.9 Å². The van der Waals surface area contributed by atoms with E-state index >= 15 is 0 Å². The topological polar surface area (TPSA) is 55.1 Å². The number of rotatable bonds is 2. The lowest BCUT2D eigenvalue weighted by Crippen LogP contribution is -2.16. The predicted octanol–water partition coefficient (Wildman–Crippen LogP) is 4.97.